The summed E-state index contributed by atoms with van der Waals surface area (Å²) in [4.78, 5) is 28.0. The van der Waals surface area contributed by atoms with Crippen molar-refractivity contribution in [3.63, 3.8) is 0 Å². The molecule has 0 saturated heterocycles. The summed E-state index contributed by atoms with van der Waals surface area (Å²) in [5.74, 6) is -0.304. The van der Waals surface area contributed by atoms with E-state index in [1.165, 1.54) is 0 Å². The Balaban J connectivity index is 1.64. The Labute approximate surface area is 152 Å². The van der Waals surface area contributed by atoms with Gasteiger partial charge in [0.1, 0.15) is 0 Å². The third-order valence-corrected chi connectivity index (χ3v) is 4.03. The van der Waals surface area contributed by atoms with Crippen molar-refractivity contribution in [1.82, 2.24) is 15.6 Å². The summed E-state index contributed by atoms with van der Waals surface area (Å²) in [5.41, 5.74) is 4.11. The summed E-state index contributed by atoms with van der Waals surface area (Å²) in [6.07, 6.45) is 3.48. The summed E-state index contributed by atoms with van der Waals surface area (Å²) in [6, 6.07) is 18.5. The van der Waals surface area contributed by atoms with Gasteiger partial charge >= 0.3 is 0 Å². The lowest BCUT2D eigenvalue weighted by atomic mass is 10.0. The van der Waals surface area contributed by atoms with E-state index in [9.17, 15) is 9.59 Å². The van der Waals surface area contributed by atoms with Crippen LogP contribution in [0.1, 0.15) is 26.3 Å². The van der Waals surface area contributed by atoms with Crippen molar-refractivity contribution in [3.8, 4) is 11.1 Å². The molecule has 1 aromatic heterocycles. The van der Waals surface area contributed by atoms with Gasteiger partial charge in [-0.25, -0.2) is 0 Å². The number of benzene rings is 2. The summed E-state index contributed by atoms with van der Waals surface area (Å²) in [7, 11) is 1.59. The van der Waals surface area contributed by atoms with Gasteiger partial charge in [-0.05, 0) is 53.1 Å². The van der Waals surface area contributed by atoms with Crippen LogP contribution in [0.4, 0.5) is 0 Å². The fraction of sp³-hybridized carbons (Fsp3) is 0.0952. The quantitative estimate of drug-likeness (QED) is 0.747. The van der Waals surface area contributed by atoms with Gasteiger partial charge in [-0.2, -0.15) is 0 Å². The number of hydrogen-bond acceptors (Lipinski definition) is 3. The molecular weight excluding hydrogens is 326 g/mol. The van der Waals surface area contributed by atoms with E-state index < -0.39 is 0 Å². The molecule has 5 heteroatoms. The molecule has 0 spiro atoms. The van der Waals surface area contributed by atoms with Crippen LogP contribution in [0.2, 0.25) is 0 Å². The van der Waals surface area contributed by atoms with E-state index >= 15 is 0 Å². The maximum atomic E-state index is 12.3. The highest BCUT2D eigenvalue weighted by Gasteiger charge is 2.08. The van der Waals surface area contributed by atoms with Gasteiger partial charge < -0.3 is 10.6 Å². The molecule has 0 atom stereocenters. The molecular formula is C21H19N3O2. The molecule has 0 saturated carbocycles. The molecule has 0 fully saturated rings. The van der Waals surface area contributed by atoms with Crippen LogP contribution in [0.15, 0.2) is 73.1 Å². The maximum absolute atomic E-state index is 12.3. The Kier molecular flexibility index (Phi) is 5.39. The number of carbonyl (C=O) groups is 2. The highest BCUT2D eigenvalue weighted by molar-refractivity contribution is 5.95. The average molecular weight is 345 g/mol. The number of hydrogen-bond donors (Lipinski definition) is 2. The van der Waals surface area contributed by atoms with Gasteiger partial charge in [-0.3, -0.25) is 14.6 Å². The first-order valence-corrected chi connectivity index (χ1v) is 8.27. The molecule has 0 bridgehead atoms. The first kappa shape index (κ1) is 17.4. The summed E-state index contributed by atoms with van der Waals surface area (Å²) in [5, 5.41) is 5.47. The Morgan fingerprint density at radius 3 is 2.23 bits per heavy atom. The first-order chi connectivity index (χ1) is 12.7. The molecule has 26 heavy (non-hydrogen) atoms. The molecule has 0 radical (unpaired) electrons. The Bertz CT molecular complexity index is 906. The molecule has 3 aromatic rings. The number of aromatic nitrogens is 1. The van der Waals surface area contributed by atoms with Crippen molar-refractivity contribution in [2.24, 2.45) is 0 Å². The number of nitrogens with zero attached hydrogens (tertiary/aromatic N) is 1. The largest absolute Gasteiger partial charge is 0.355 e. The second-order valence-electron chi connectivity index (χ2n) is 5.78. The van der Waals surface area contributed by atoms with E-state index in [4.69, 9.17) is 0 Å². The van der Waals surface area contributed by atoms with Gasteiger partial charge in [0.15, 0.2) is 0 Å². The van der Waals surface area contributed by atoms with Gasteiger partial charge in [-0.1, -0.05) is 24.3 Å². The third kappa shape index (κ3) is 4.13. The molecule has 5 nitrogen and oxygen atoms in total. The van der Waals surface area contributed by atoms with Gasteiger partial charge in [0.25, 0.3) is 11.8 Å². The number of nitrogens with one attached hydrogen (secondary N) is 2. The SMILES string of the molecule is CNC(=O)c1cccc(CNC(=O)c2ccc(-c3ccncc3)cc2)c1. The number of carbonyl (C=O) groups excluding carboxylic acids is 2. The molecule has 0 aliphatic rings. The van der Waals surface area contributed by atoms with Crippen LogP contribution >= 0.6 is 0 Å². The molecule has 3 rings (SSSR count). The Hall–Kier alpha value is -3.47. The van der Waals surface area contributed by atoms with E-state index in [0.29, 0.717) is 17.7 Å². The molecule has 2 amide bonds. The summed E-state index contributed by atoms with van der Waals surface area (Å²) >= 11 is 0. The topological polar surface area (TPSA) is 71.1 Å². The zero-order chi connectivity index (χ0) is 18.4. The Morgan fingerprint density at radius 2 is 1.54 bits per heavy atom. The van der Waals surface area contributed by atoms with Crippen LogP contribution in [0.5, 0.6) is 0 Å². The summed E-state index contributed by atoms with van der Waals surface area (Å²) in [6.45, 7) is 0.357. The molecule has 0 aliphatic heterocycles. The zero-order valence-corrected chi connectivity index (χ0v) is 14.4. The number of rotatable bonds is 5. The van der Waals surface area contributed by atoms with Gasteiger partial charge in [0, 0.05) is 37.1 Å². The van der Waals surface area contributed by atoms with E-state index in [2.05, 4.69) is 15.6 Å². The van der Waals surface area contributed by atoms with Gasteiger partial charge in [0.2, 0.25) is 0 Å². The van der Waals surface area contributed by atoms with Crippen LogP contribution < -0.4 is 10.6 Å². The fourth-order valence-corrected chi connectivity index (χ4v) is 2.61. The standard InChI is InChI=1S/C21H19N3O2/c1-22-20(25)19-4-2-3-15(13-19)14-24-21(26)18-7-5-16(6-8-18)17-9-11-23-12-10-17/h2-13H,14H2,1H3,(H,22,25)(H,24,26). The molecule has 0 aliphatic carbocycles. The predicted molar refractivity (Wildman–Crippen MR) is 101 cm³/mol. The lowest BCUT2D eigenvalue weighted by Crippen LogP contribution is -2.23. The molecule has 1 heterocycles. The molecule has 2 aromatic carbocycles. The van der Waals surface area contributed by atoms with Crippen LogP contribution in [0.25, 0.3) is 11.1 Å². The minimum atomic E-state index is -0.156. The zero-order valence-electron chi connectivity index (χ0n) is 14.4. The monoisotopic (exact) mass is 345 g/mol. The fourth-order valence-electron chi connectivity index (χ4n) is 2.61. The second-order valence-corrected chi connectivity index (χ2v) is 5.78. The molecule has 0 unspecified atom stereocenters. The maximum Gasteiger partial charge on any atom is 0.251 e. The summed E-state index contributed by atoms with van der Waals surface area (Å²) < 4.78 is 0. The highest BCUT2D eigenvalue weighted by Crippen LogP contribution is 2.18. The average Bonchev–Trinajstić information content (AvgIpc) is 2.72. The van der Waals surface area contributed by atoms with Gasteiger partial charge in [-0.15, -0.1) is 0 Å². The number of amides is 2. The van der Waals surface area contributed by atoms with Crippen LogP contribution in [-0.2, 0) is 6.54 Å². The normalized spacial score (nSPS) is 10.2. The highest BCUT2D eigenvalue weighted by atomic mass is 16.2. The molecule has 2 N–H and O–H groups in total. The van der Waals surface area contributed by atoms with Crippen molar-refractivity contribution in [3.05, 3.63) is 89.7 Å². The van der Waals surface area contributed by atoms with Gasteiger partial charge in [0.05, 0.1) is 0 Å². The predicted octanol–water partition coefficient (Wildman–Crippen LogP) is 3.04. The number of pyridine rings is 1. The van der Waals surface area contributed by atoms with Crippen LogP contribution in [-0.4, -0.2) is 23.8 Å². The van der Waals surface area contributed by atoms with Crippen LogP contribution in [0.3, 0.4) is 0 Å². The van der Waals surface area contributed by atoms with Crippen molar-refractivity contribution in [2.45, 2.75) is 6.54 Å². The second kappa shape index (κ2) is 8.07. The van der Waals surface area contributed by atoms with Crippen molar-refractivity contribution in [1.29, 1.82) is 0 Å². The van der Waals surface area contributed by atoms with Crippen LogP contribution in [0, 0.1) is 0 Å². The smallest absolute Gasteiger partial charge is 0.251 e. The van der Waals surface area contributed by atoms with Crippen molar-refractivity contribution in [2.75, 3.05) is 7.05 Å². The van der Waals surface area contributed by atoms with Crippen molar-refractivity contribution < 1.29 is 9.59 Å². The van der Waals surface area contributed by atoms with Crippen molar-refractivity contribution >= 4 is 11.8 Å². The van der Waals surface area contributed by atoms with E-state index in [1.54, 1.807) is 49.8 Å². The molecule has 130 valence electrons. The first-order valence-electron chi connectivity index (χ1n) is 8.27. The lowest BCUT2D eigenvalue weighted by Gasteiger charge is -2.08. The van der Waals surface area contributed by atoms with E-state index in [1.807, 2.05) is 30.3 Å². The third-order valence-electron chi connectivity index (χ3n) is 4.03. The minimum absolute atomic E-state index is 0.148. The Morgan fingerprint density at radius 1 is 0.846 bits per heavy atom. The lowest BCUT2D eigenvalue weighted by molar-refractivity contribution is 0.0948. The minimum Gasteiger partial charge on any atom is -0.355 e. The van der Waals surface area contributed by atoms with E-state index in [0.717, 1.165) is 16.7 Å². The van der Waals surface area contributed by atoms with E-state index in [-0.39, 0.29) is 11.8 Å².